The number of ether oxygens (including phenoxy) is 2. The number of fused-ring (bicyclic) bond motifs is 2. The fraction of sp³-hybridized carbons (Fsp3) is 0.429. The van der Waals surface area contributed by atoms with Crippen LogP contribution in [0.3, 0.4) is 0 Å². The van der Waals surface area contributed by atoms with Gasteiger partial charge in [-0.05, 0) is 24.6 Å². The van der Waals surface area contributed by atoms with Gasteiger partial charge in [0.15, 0.2) is 11.5 Å². The molecule has 1 aliphatic rings. The van der Waals surface area contributed by atoms with Gasteiger partial charge >= 0.3 is 0 Å². The lowest BCUT2D eigenvalue weighted by atomic mass is 10.2. The van der Waals surface area contributed by atoms with Gasteiger partial charge in [0.25, 0.3) is 0 Å². The Balaban J connectivity index is 2.22. The molecule has 0 saturated carbocycles. The molecule has 0 aliphatic carbocycles. The van der Waals surface area contributed by atoms with E-state index in [9.17, 15) is 0 Å². The van der Waals surface area contributed by atoms with E-state index in [0.717, 1.165) is 41.2 Å². The van der Waals surface area contributed by atoms with Crippen molar-refractivity contribution in [2.45, 2.75) is 13.3 Å². The Labute approximate surface area is 122 Å². The predicted molar refractivity (Wildman–Crippen MR) is 79.1 cm³/mol. The first-order chi connectivity index (χ1) is 9.69. The van der Waals surface area contributed by atoms with Crippen molar-refractivity contribution in [3.8, 4) is 11.5 Å². The van der Waals surface area contributed by atoms with Gasteiger partial charge in [-0.3, -0.25) is 0 Å². The minimum Gasteiger partial charge on any atom is -0.490 e. The van der Waals surface area contributed by atoms with E-state index in [1.165, 1.54) is 0 Å². The molecule has 3 rings (SSSR count). The van der Waals surface area contributed by atoms with E-state index in [-0.39, 0.29) is 5.28 Å². The van der Waals surface area contributed by atoms with Crippen LogP contribution in [0.4, 0.5) is 5.82 Å². The number of benzene rings is 1. The SMILES string of the molecule is CCN(C)c1nc(Cl)nc2cc3c(cc12)OCCCO3. The standard InChI is InChI=1S/C14H16ClN3O2/c1-3-18(2)13-9-7-11-12(20-6-4-5-19-11)8-10(9)16-14(15)17-13/h7-8H,3-6H2,1-2H3. The molecule has 0 radical (unpaired) electrons. The third-order valence-corrected chi connectivity index (χ3v) is 3.52. The van der Waals surface area contributed by atoms with Crippen LogP contribution in [0.15, 0.2) is 12.1 Å². The summed E-state index contributed by atoms with van der Waals surface area (Å²) in [6, 6.07) is 3.81. The molecule has 1 aliphatic heterocycles. The summed E-state index contributed by atoms with van der Waals surface area (Å²) < 4.78 is 11.4. The maximum Gasteiger partial charge on any atom is 0.224 e. The lowest BCUT2D eigenvalue weighted by molar-refractivity contribution is 0.297. The Bertz CT molecular complexity index is 648. The Hall–Kier alpha value is -1.75. The molecule has 0 saturated heterocycles. The van der Waals surface area contributed by atoms with E-state index in [0.29, 0.717) is 13.2 Å². The summed E-state index contributed by atoms with van der Waals surface area (Å²) in [5.74, 6) is 2.26. The number of nitrogens with zero attached hydrogens (tertiary/aromatic N) is 3. The first kappa shape index (κ1) is 13.2. The number of hydrogen-bond acceptors (Lipinski definition) is 5. The summed E-state index contributed by atoms with van der Waals surface area (Å²) >= 11 is 6.02. The number of anilines is 1. The van der Waals surface area contributed by atoms with Gasteiger partial charge in [-0.1, -0.05) is 0 Å². The normalized spacial score (nSPS) is 14.2. The Morgan fingerprint density at radius 1 is 1.20 bits per heavy atom. The summed E-state index contributed by atoms with van der Waals surface area (Å²) in [6.07, 6.45) is 0.874. The first-order valence-electron chi connectivity index (χ1n) is 6.67. The van der Waals surface area contributed by atoms with Crippen molar-refractivity contribution in [1.82, 2.24) is 9.97 Å². The van der Waals surface area contributed by atoms with E-state index >= 15 is 0 Å². The van der Waals surface area contributed by atoms with Crippen LogP contribution in [0.5, 0.6) is 11.5 Å². The molecule has 0 fully saturated rings. The van der Waals surface area contributed by atoms with E-state index in [2.05, 4.69) is 16.9 Å². The average molecular weight is 294 g/mol. The molecule has 6 heteroatoms. The summed E-state index contributed by atoms with van der Waals surface area (Å²) in [4.78, 5) is 10.6. The van der Waals surface area contributed by atoms with Crippen LogP contribution in [0.2, 0.25) is 5.28 Å². The maximum absolute atomic E-state index is 6.02. The monoisotopic (exact) mass is 293 g/mol. The molecular weight excluding hydrogens is 278 g/mol. The third-order valence-electron chi connectivity index (χ3n) is 3.35. The quantitative estimate of drug-likeness (QED) is 0.797. The van der Waals surface area contributed by atoms with Gasteiger partial charge < -0.3 is 14.4 Å². The van der Waals surface area contributed by atoms with Crippen molar-refractivity contribution < 1.29 is 9.47 Å². The summed E-state index contributed by atoms with van der Waals surface area (Å²) in [5.41, 5.74) is 0.768. The van der Waals surface area contributed by atoms with Gasteiger partial charge in [0.1, 0.15) is 5.82 Å². The van der Waals surface area contributed by atoms with E-state index < -0.39 is 0 Å². The van der Waals surface area contributed by atoms with Gasteiger partial charge in [0.05, 0.1) is 18.7 Å². The highest BCUT2D eigenvalue weighted by Gasteiger charge is 2.16. The largest absolute Gasteiger partial charge is 0.490 e. The number of halogens is 1. The van der Waals surface area contributed by atoms with Crippen LogP contribution >= 0.6 is 11.6 Å². The predicted octanol–water partition coefficient (Wildman–Crippen LogP) is 2.90. The molecule has 2 heterocycles. The van der Waals surface area contributed by atoms with Crippen LogP contribution in [0.25, 0.3) is 10.9 Å². The van der Waals surface area contributed by atoms with Gasteiger partial charge in [-0.25, -0.2) is 4.98 Å². The van der Waals surface area contributed by atoms with E-state index in [4.69, 9.17) is 21.1 Å². The van der Waals surface area contributed by atoms with E-state index in [1.807, 2.05) is 24.1 Å². The average Bonchev–Trinajstić information content (AvgIpc) is 2.68. The Morgan fingerprint density at radius 2 is 1.90 bits per heavy atom. The maximum atomic E-state index is 6.02. The Morgan fingerprint density at radius 3 is 2.60 bits per heavy atom. The molecule has 0 bridgehead atoms. The third kappa shape index (κ3) is 2.33. The smallest absolute Gasteiger partial charge is 0.224 e. The molecule has 2 aromatic rings. The van der Waals surface area contributed by atoms with Gasteiger partial charge in [-0.15, -0.1) is 0 Å². The zero-order valence-corrected chi connectivity index (χ0v) is 12.3. The van der Waals surface area contributed by atoms with Crippen molar-refractivity contribution in [2.24, 2.45) is 0 Å². The van der Waals surface area contributed by atoms with Crippen LogP contribution in [0, 0.1) is 0 Å². The number of aromatic nitrogens is 2. The second-order valence-corrected chi connectivity index (χ2v) is 5.04. The number of rotatable bonds is 2. The van der Waals surface area contributed by atoms with Gasteiger partial charge in [0.2, 0.25) is 5.28 Å². The summed E-state index contributed by atoms with van der Waals surface area (Å²) in [6.45, 7) is 4.20. The highest BCUT2D eigenvalue weighted by atomic mass is 35.5. The molecule has 0 N–H and O–H groups in total. The molecule has 1 aromatic heterocycles. The molecule has 0 unspecified atom stereocenters. The van der Waals surface area contributed by atoms with Crippen molar-refractivity contribution in [2.75, 3.05) is 31.7 Å². The second-order valence-electron chi connectivity index (χ2n) is 4.70. The minimum atomic E-state index is 0.238. The van der Waals surface area contributed by atoms with Crippen molar-refractivity contribution in [3.05, 3.63) is 17.4 Å². The highest BCUT2D eigenvalue weighted by Crippen LogP contribution is 2.36. The molecule has 0 spiro atoms. The lowest BCUT2D eigenvalue weighted by Crippen LogP contribution is -2.18. The van der Waals surface area contributed by atoms with Crippen molar-refractivity contribution in [3.63, 3.8) is 0 Å². The molecular formula is C14H16ClN3O2. The minimum absolute atomic E-state index is 0.238. The zero-order valence-electron chi connectivity index (χ0n) is 11.5. The second kappa shape index (κ2) is 5.32. The molecule has 5 nitrogen and oxygen atoms in total. The van der Waals surface area contributed by atoms with E-state index in [1.54, 1.807) is 0 Å². The van der Waals surface area contributed by atoms with Crippen molar-refractivity contribution >= 4 is 28.3 Å². The fourth-order valence-corrected chi connectivity index (χ4v) is 2.35. The van der Waals surface area contributed by atoms with Crippen molar-refractivity contribution in [1.29, 1.82) is 0 Å². The van der Waals surface area contributed by atoms with Gasteiger partial charge in [-0.2, -0.15) is 4.98 Å². The van der Waals surface area contributed by atoms with Gasteiger partial charge in [0, 0.05) is 31.5 Å². The molecule has 106 valence electrons. The molecule has 1 aromatic carbocycles. The molecule has 0 atom stereocenters. The van der Waals surface area contributed by atoms with Crippen LogP contribution < -0.4 is 14.4 Å². The Kier molecular flexibility index (Phi) is 3.53. The fourth-order valence-electron chi connectivity index (χ4n) is 2.18. The zero-order chi connectivity index (χ0) is 14.1. The first-order valence-corrected chi connectivity index (χ1v) is 7.05. The summed E-state index contributed by atoms with van der Waals surface area (Å²) in [5, 5.41) is 1.16. The molecule has 0 amide bonds. The topological polar surface area (TPSA) is 47.5 Å². The van der Waals surface area contributed by atoms with Crippen LogP contribution in [-0.2, 0) is 0 Å². The lowest BCUT2D eigenvalue weighted by Gasteiger charge is -2.18. The summed E-state index contributed by atoms with van der Waals surface area (Å²) in [7, 11) is 1.97. The number of hydrogen-bond donors (Lipinski definition) is 0. The van der Waals surface area contributed by atoms with Crippen LogP contribution in [-0.4, -0.2) is 36.8 Å². The van der Waals surface area contributed by atoms with Crippen LogP contribution in [0.1, 0.15) is 13.3 Å². The molecule has 20 heavy (non-hydrogen) atoms. The highest BCUT2D eigenvalue weighted by molar-refractivity contribution is 6.28.